The van der Waals surface area contributed by atoms with Crippen molar-refractivity contribution in [3.63, 3.8) is 0 Å². The van der Waals surface area contributed by atoms with E-state index < -0.39 is 12.1 Å². The van der Waals surface area contributed by atoms with Crippen LogP contribution in [0.15, 0.2) is 47.3 Å². The number of amides is 4. The quantitative estimate of drug-likeness (QED) is 0.635. The summed E-state index contributed by atoms with van der Waals surface area (Å²) in [5.41, 5.74) is 2.39. The van der Waals surface area contributed by atoms with Crippen molar-refractivity contribution in [1.29, 1.82) is 0 Å². The Kier molecular flexibility index (Phi) is 4.56. The van der Waals surface area contributed by atoms with E-state index in [-0.39, 0.29) is 31.2 Å². The van der Waals surface area contributed by atoms with Gasteiger partial charge in [0, 0.05) is 19.2 Å². The molecule has 0 saturated carbocycles. The normalized spacial score (nSPS) is 16.6. The summed E-state index contributed by atoms with van der Waals surface area (Å²) in [7, 11) is 1.90. The van der Waals surface area contributed by atoms with Gasteiger partial charge in [-0.2, -0.15) is 0 Å². The highest BCUT2D eigenvalue weighted by molar-refractivity contribution is 6.04. The minimum Gasteiger partial charge on any atom is -0.467 e. The Bertz CT molecular complexity index is 1040. The molecule has 0 radical (unpaired) electrons. The van der Waals surface area contributed by atoms with E-state index in [2.05, 4.69) is 15.6 Å². The maximum atomic E-state index is 12.4. The standard InChI is InChI=1S/C19H19N5O4/c1-23-11-20-15-9-12(4-6-16(15)23)21-17(25)7-5-14-18(26)24(19(27)22-14)10-13-3-2-8-28-13/h2-4,6,8-9,11,14H,5,7,10H2,1H3,(H,21,25)(H,22,27)/t14-/m1/s1. The molecule has 28 heavy (non-hydrogen) atoms. The number of aromatic nitrogens is 2. The fourth-order valence-corrected chi connectivity index (χ4v) is 3.19. The van der Waals surface area contributed by atoms with Crippen molar-refractivity contribution in [2.75, 3.05) is 5.32 Å². The second kappa shape index (κ2) is 7.18. The van der Waals surface area contributed by atoms with Gasteiger partial charge in [-0.1, -0.05) is 0 Å². The molecule has 0 unspecified atom stereocenters. The van der Waals surface area contributed by atoms with Gasteiger partial charge < -0.3 is 19.6 Å². The number of carbonyl (C=O) groups is 3. The molecule has 1 aromatic carbocycles. The Hall–Kier alpha value is -3.62. The molecule has 4 rings (SSSR count). The van der Waals surface area contributed by atoms with Crippen LogP contribution in [-0.2, 0) is 23.2 Å². The second-order valence-corrected chi connectivity index (χ2v) is 6.65. The highest BCUT2D eigenvalue weighted by atomic mass is 16.3. The smallest absolute Gasteiger partial charge is 0.325 e. The summed E-state index contributed by atoms with van der Waals surface area (Å²) in [5.74, 6) is -0.0715. The van der Waals surface area contributed by atoms with Gasteiger partial charge in [0.2, 0.25) is 5.91 Å². The number of hydrogen-bond donors (Lipinski definition) is 2. The monoisotopic (exact) mass is 381 g/mol. The van der Waals surface area contributed by atoms with Gasteiger partial charge in [-0.15, -0.1) is 0 Å². The zero-order chi connectivity index (χ0) is 19.7. The van der Waals surface area contributed by atoms with Gasteiger partial charge in [0.05, 0.1) is 30.2 Å². The fourth-order valence-electron chi connectivity index (χ4n) is 3.19. The van der Waals surface area contributed by atoms with Crippen LogP contribution in [0.4, 0.5) is 10.5 Å². The highest BCUT2D eigenvalue weighted by Gasteiger charge is 2.38. The second-order valence-electron chi connectivity index (χ2n) is 6.65. The average Bonchev–Trinajstić information content (AvgIpc) is 3.37. The lowest BCUT2D eigenvalue weighted by Crippen LogP contribution is -2.31. The number of furan rings is 1. The number of carbonyl (C=O) groups excluding carboxylic acids is 3. The van der Waals surface area contributed by atoms with Gasteiger partial charge in [0.15, 0.2) is 0 Å². The number of nitrogens with one attached hydrogen (secondary N) is 2. The van der Waals surface area contributed by atoms with Crippen molar-refractivity contribution < 1.29 is 18.8 Å². The van der Waals surface area contributed by atoms with Crippen molar-refractivity contribution in [3.05, 3.63) is 48.7 Å². The minimum absolute atomic E-state index is 0.0739. The van der Waals surface area contributed by atoms with Gasteiger partial charge >= 0.3 is 6.03 Å². The molecule has 4 amide bonds. The van der Waals surface area contributed by atoms with Crippen LogP contribution in [0.2, 0.25) is 0 Å². The summed E-state index contributed by atoms with van der Waals surface area (Å²) in [6, 6.07) is 7.66. The van der Waals surface area contributed by atoms with E-state index in [1.54, 1.807) is 30.6 Å². The van der Waals surface area contributed by atoms with Gasteiger partial charge in [0.25, 0.3) is 5.91 Å². The number of nitrogens with zero attached hydrogens (tertiary/aromatic N) is 3. The lowest BCUT2D eigenvalue weighted by atomic mass is 10.1. The third kappa shape index (κ3) is 3.46. The number of hydrogen-bond acceptors (Lipinski definition) is 5. The first kappa shape index (κ1) is 17.8. The number of imidazole rings is 1. The maximum absolute atomic E-state index is 12.4. The molecule has 2 N–H and O–H groups in total. The van der Waals surface area contributed by atoms with Crippen molar-refractivity contribution in [2.45, 2.75) is 25.4 Å². The van der Waals surface area contributed by atoms with E-state index in [0.29, 0.717) is 11.4 Å². The Morgan fingerprint density at radius 1 is 1.32 bits per heavy atom. The summed E-state index contributed by atoms with van der Waals surface area (Å²) >= 11 is 0. The Labute approximate surface area is 160 Å². The van der Waals surface area contributed by atoms with Crippen LogP contribution < -0.4 is 10.6 Å². The number of benzene rings is 1. The van der Waals surface area contributed by atoms with Crippen molar-refractivity contribution in [3.8, 4) is 0 Å². The number of fused-ring (bicyclic) bond motifs is 1. The third-order valence-corrected chi connectivity index (χ3v) is 4.67. The number of imide groups is 1. The van der Waals surface area contributed by atoms with Crippen molar-refractivity contribution in [1.82, 2.24) is 19.8 Å². The Morgan fingerprint density at radius 3 is 2.96 bits per heavy atom. The predicted molar refractivity (Wildman–Crippen MR) is 100 cm³/mol. The fraction of sp³-hybridized carbons (Fsp3) is 0.263. The molecule has 0 spiro atoms. The molecular weight excluding hydrogens is 362 g/mol. The van der Waals surface area contributed by atoms with E-state index in [9.17, 15) is 14.4 Å². The van der Waals surface area contributed by atoms with Gasteiger partial charge in [-0.05, 0) is 36.8 Å². The average molecular weight is 381 g/mol. The Morgan fingerprint density at radius 2 is 2.18 bits per heavy atom. The largest absolute Gasteiger partial charge is 0.467 e. The molecule has 3 heterocycles. The van der Waals surface area contributed by atoms with Gasteiger partial charge in [0.1, 0.15) is 11.8 Å². The van der Waals surface area contributed by atoms with E-state index in [1.165, 1.54) is 6.26 Å². The molecule has 1 aliphatic heterocycles. The molecule has 1 saturated heterocycles. The molecule has 9 heteroatoms. The highest BCUT2D eigenvalue weighted by Crippen LogP contribution is 2.19. The van der Waals surface area contributed by atoms with Crippen LogP contribution in [0.1, 0.15) is 18.6 Å². The summed E-state index contributed by atoms with van der Waals surface area (Å²) in [5, 5.41) is 5.42. The number of rotatable bonds is 6. The summed E-state index contributed by atoms with van der Waals surface area (Å²) < 4.78 is 7.07. The van der Waals surface area contributed by atoms with E-state index in [0.717, 1.165) is 15.9 Å². The van der Waals surface area contributed by atoms with Crippen LogP contribution in [0.5, 0.6) is 0 Å². The zero-order valence-corrected chi connectivity index (χ0v) is 15.2. The predicted octanol–water partition coefficient (Wildman–Crippen LogP) is 2.01. The zero-order valence-electron chi connectivity index (χ0n) is 15.2. The van der Waals surface area contributed by atoms with E-state index in [4.69, 9.17) is 4.42 Å². The molecule has 0 bridgehead atoms. The topological polar surface area (TPSA) is 109 Å². The van der Waals surface area contributed by atoms with Gasteiger partial charge in [-0.3, -0.25) is 14.5 Å². The van der Waals surface area contributed by atoms with Crippen LogP contribution in [0.25, 0.3) is 11.0 Å². The van der Waals surface area contributed by atoms with Crippen molar-refractivity contribution >= 4 is 34.6 Å². The molecule has 9 nitrogen and oxygen atoms in total. The van der Waals surface area contributed by atoms with Crippen LogP contribution in [0, 0.1) is 0 Å². The summed E-state index contributed by atoms with van der Waals surface area (Å²) in [4.78, 5) is 42.0. The van der Waals surface area contributed by atoms with Crippen LogP contribution in [0.3, 0.4) is 0 Å². The first-order valence-electron chi connectivity index (χ1n) is 8.86. The molecule has 1 aliphatic rings. The number of anilines is 1. The van der Waals surface area contributed by atoms with Gasteiger partial charge in [-0.25, -0.2) is 9.78 Å². The minimum atomic E-state index is -0.716. The summed E-state index contributed by atoms with van der Waals surface area (Å²) in [6.07, 6.45) is 3.51. The number of aryl methyl sites for hydroxylation is 1. The first-order valence-corrected chi connectivity index (χ1v) is 8.86. The molecule has 144 valence electrons. The van der Waals surface area contributed by atoms with E-state index in [1.807, 2.05) is 17.7 Å². The van der Waals surface area contributed by atoms with E-state index >= 15 is 0 Å². The van der Waals surface area contributed by atoms with Crippen LogP contribution in [-0.4, -0.2) is 38.3 Å². The Balaban J connectivity index is 1.32. The molecule has 3 aromatic rings. The maximum Gasteiger partial charge on any atom is 0.325 e. The van der Waals surface area contributed by atoms with Crippen molar-refractivity contribution in [2.24, 2.45) is 7.05 Å². The lowest BCUT2D eigenvalue weighted by molar-refractivity contribution is -0.128. The number of urea groups is 1. The molecule has 1 atom stereocenters. The lowest BCUT2D eigenvalue weighted by Gasteiger charge is -2.11. The molecule has 0 aliphatic carbocycles. The SMILES string of the molecule is Cn1cnc2cc(NC(=O)CC[C@H]3NC(=O)N(Cc4ccco4)C3=O)ccc21. The molecule has 1 fully saturated rings. The molecule has 2 aromatic heterocycles. The first-order chi connectivity index (χ1) is 13.5. The summed E-state index contributed by atoms with van der Waals surface area (Å²) in [6.45, 7) is 0.0739. The third-order valence-electron chi connectivity index (χ3n) is 4.67. The molecular formula is C19H19N5O4. The van der Waals surface area contributed by atoms with Crippen LogP contribution >= 0.6 is 0 Å².